The lowest BCUT2D eigenvalue weighted by Crippen LogP contribution is -2.44. The number of hydrogen-bond acceptors (Lipinski definition) is 3. The molecule has 0 aliphatic heterocycles. The molecular weight excluding hydrogens is 279 g/mol. The Morgan fingerprint density at radius 2 is 2.06 bits per heavy atom. The number of carbonyl (C=O) groups excluding carboxylic acids is 1. The molecule has 0 heterocycles. The Morgan fingerprint density at radius 3 is 2.56 bits per heavy atom. The van der Waals surface area contributed by atoms with Crippen LogP contribution in [0, 0.1) is 10.1 Å². The van der Waals surface area contributed by atoms with Gasteiger partial charge >= 0.3 is 0 Å². The van der Waals surface area contributed by atoms with Crippen molar-refractivity contribution in [3.8, 4) is 0 Å². The van der Waals surface area contributed by atoms with Gasteiger partial charge in [0.15, 0.2) is 0 Å². The van der Waals surface area contributed by atoms with Crippen molar-refractivity contribution >= 4 is 34.8 Å². The molecule has 0 bridgehead atoms. The summed E-state index contributed by atoms with van der Waals surface area (Å²) < 4.78 is 0. The first-order valence-electron chi connectivity index (χ1n) is 5.08. The Balaban J connectivity index is 3.03. The van der Waals surface area contributed by atoms with E-state index in [2.05, 4.69) is 5.32 Å². The molecule has 0 atom stereocenters. The smallest absolute Gasteiger partial charge is 0.271 e. The normalized spacial score (nSPS) is 11.1. The van der Waals surface area contributed by atoms with E-state index in [0.717, 1.165) is 0 Å². The van der Waals surface area contributed by atoms with Gasteiger partial charge in [0.25, 0.3) is 11.6 Å². The van der Waals surface area contributed by atoms with Crippen molar-refractivity contribution in [1.29, 1.82) is 0 Å². The van der Waals surface area contributed by atoms with Gasteiger partial charge in [-0.05, 0) is 19.9 Å². The molecular formula is C11H12Cl2N2O3. The number of nitrogens with one attached hydrogen (secondary N) is 1. The van der Waals surface area contributed by atoms with E-state index in [1.54, 1.807) is 13.8 Å². The van der Waals surface area contributed by atoms with Gasteiger partial charge < -0.3 is 5.32 Å². The highest BCUT2D eigenvalue weighted by Crippen LogP contribution is 2.21. The van der Waals surface area contributed by atoms with Crippen LogP contribution in [-0.2, 0) is 0 Å². The molecule has 1 aromatic carbocycles. The number of non-ortho nitro benzene ring substituents is 1. The summed E-state index contributed by atoms with van der Waals surface area (Å²) in [6.45, 7) is 3.49. The molecule has 18 heavy (non-hydrogen) atoms. The molecule has 98 valence electrons. The van der Waals surface area contributed by atoms with Crippen molar-refractivity contribution in [2.75, 3.05) is 5.88 Å². The summed E-state index contributed by atoms with van der Waals surface area (Å²) in [5.74, 6) is -0.229. The number of nitro benzene ring substituents is 1. The second kappa shape index (κ2) is 5.54. The largest absolute Gasteiger partial charge is 0.346 e. The summed E-state index contributed by atoms with van der Waals surface area (Å²) in [6, 6.07) is 3.73. The highest BCUT2D eigenvalue weighted by atomic mass is 35.5. The molecule has 0 aromatic heterocycles. The van der Waals surface area contributed by atoms with Crippen molar-refractivity contribution in [3.63, 3.8) is 0 Å². The molecule has 0 fully saturated rings. The highest BCUT2D eigenvalue weighted by Gasteiger charge is 2.21. The van der Waals surface area contributed by atoms with Crippen LogP contribution in [0.25, 0.3) is 0 Å². The van der Waals surface area contributed by atoms with Crippen LogP contribution in [0.1, 0.15) is 24.2 Å². The summed E-state index contributed by atoms with van der Waals surface area (Å²) >= 11 is 11.4. The van der Waals surface area contributed by atoms with Crippen molar-refractivity contribution in [2.24, 2.45) is 0 Å². The lowest BCUT2D eigenvalue weighted by molar-refractivity contribution is -0.384. The maximum absolute atomic E-state index is 11.9. The molecule has 0 spiro atoms. The highest BCUT2D eigenvalue weighted by molar-refractivity contribution is 6.31. The number of amides is 1. The zero-order valence-corrected chi connectivity index (χ0v) is 11.4. The Labute approximate surface area is 114 Å². The Kier molecular flexibility index (Phi) is 4.53. The number of rotatable bonds is 4. The molecule has 0 saturated carbocycles. The van der Waals surface area contributed by atoms with Crippen LogP contribution in [0.5, 0.6) is 0 Å². The number of alkyl halides is 1. The van der Waals surface area contributed by atoms with Gasteiger partial charge in [0.2, 0.25) is 0 Å². The zero-order valence-electron chi connectivity index (χ0n) is 9.87. The van der Waals surface area contributed by atoms with Crippen LogP contribution in [0.2, 0.25) is 5.02 Å². The molecule has 0 radical (unpaired) electrons. The van der Waals surface area contributed by atoms with Crippen molar-refractivity contribution in [1.82, 2.24) is 5.32 Å². The molecule has 1 N–H and O–H groups in total. The zero-order chi connectivity index (χ0) is 13.9. The Morgan fingerprint density at radius 1 is 1.44 bits per heavy atom. The van der Waals surface area contributed by atoms with E-state index in [-0.39, 0.29) is 22.2 Å². The standard InChI is InChI=1S/C11H12Cl2N2O3/c1-11(2,6-12)14-10(16)7-3-8(13)5-9(4-7)15(17)18/h3-5H,6H2,1-2H3,(H,14,16). The molecule has 7 heteroatoms. The number of benzene rings is 1. The van der Waals surface area contributed by atoms with E-state index >= 15 is 0 Å². The Hall–Kier alpha value is -1.33. The van der Waals surface area contributed by atoms with E-state index < -0.39 is 16.4 Å². The van der Waals surface area contributed by atoms with Gasteiger partial charge in [0.05, 0.1) is 4.92 Å². The van der Waals surface area contributed by atoms with E-state index in [1.165, 1.54) is 18.2 Å². The van der Waals surface area contributed by atoms with Crippen molar-refractivity contribution < 1.29 is 9.72 Å². The lowest BCUT2D eigenvalue weighted by Gasteiger charge is -2.23. The quantitative estimate of drug-likeness (QED) is 0.526. The van der Waals surface area contributed by atoms with Crippen molar-refractivity contribution in [3.05, 3.63) is 38.9 Å². The van der Waals surface area contributed by atoms with Crippen LogP contribution >= 0.6 is 23.2 Å². The third-order valence-electron chi connectivity index (χ3n) is 2.14. The van der Waals surface area contributed by atoms with Gasteiger partial charge in [-0.2, -0.15) is 0 Å². The lowest BCUT2D eigenvalue weighted by atomic mass is 10.1. The van der Waals surface area contributed by atoms with Gasteiger partial charge in [0, 0.05) is 34.1 Å². The second-order valence-electron chi connectivity index (χ2n) is 4.43. The first-order chi connectivity index (χ1) is 8.25. The van der Waals surface area contributed by atoms with Gasteiger partial charge in [0.1, 0.15) is 0 Å². The number of halogens is 2. The predicted octanol–water partition coefficient (Wildman–Crippen LogP) is 3.00. The summed E-state index contributed by atoms with van der Waals surface area (Å²) in [4.78, 5) is 22.0. The predicted molar refractivity (Wildman–Crippen MR) is 70.4 cm³/mol. The van der Waals surface area contributed by atoms with E-state index in [1.807, 2.05) is 0 Å². The van der Waals surface area contributed by atoms with Crippen LogP contribution in [0.15, 0.2) is 18.2 Å². The average Bonchev–Trinajstić information content (AvgIpc) is 2.27. The fourth-order valence-electron chi connectivity index (χ4n) is 1.22. The van der Waals surface area contributed by atoms with E-state index in [4.69, 9.17) is 23.2 Å². The minimum absolute atomic E-state index is 0.132. The SMILES string of the molecule is CC(C)(CCl)NC(=O)c1cc(Cl)cc([N+](=O)[O-])c1. The molecule has 1 rings (SSSR count). The van der Waals surface area contributed by atoms with Crippen LogP contribution < -0.4 is 5.32 Å². The monoisotopic (exact) mass is 290 g/mol. The summed E-state index contributed by atoms with van der Waals surface area (Å²) in [5.41, 5.74) is -0.695. The maximum atomic E-state index is 11.9. The fraction of sp³-hybridized carbons (Fsp3) is 0.364. The third kappa shape index (κ3) is 3.85. The van der Waals surface area contributed by atoms with Gasteiger partial charge in [-0.3, -0.25) is 14.9 Å². The topological polar surface area (TPSA) is 72.2 Å². The third-order valence-corrected chi connectivity index (χ3v) is 3.03. The second-order valence-corrected chi connectivity index (χ2v) is 5.13. The van der Waals surface area contributed by atoms with E-state index in [9.17, 15) is 14.9 Å². The fourth-order valence-corrected chi connectivity index (χ4v) is 1.52. The maximum Gasteiger partial charge on any atom is 0.271 e. The number of nitro groups is 1. The first-order valence-corrected chi connectivity index (χ1v) is 6.00. The summed E-state index contributed by atoms with van der Waals surface area (Å²) in [7, 11) is 0. The minimum Gasteiger partial charge on any atom is -0.346 e. The Bertz CT molecular complexity index is 489. The molecule has 1 aromatic rings. The molecule has 0 aliphatic carbocycles. The number of hydrogen-bond donors (Lipinski definition) is 1. The van der Waals surface area contributed by atoms with Gasteiger partial charge in [-0.15, -0.1) is 11.6 Å². The van der Waals surface area contributed by atoms with Gasteiger partial charge in [-0.25, -0.2) is 0 Å². The van der Waals surface area contributed by atoms with Gasteiger partial charge in [-0.1, -0.05) is 11.6 Å². The molecule has 0 aliphatic rings. The minimum atomic E-state index is -0.602. The summed E-state index contributed by atoms with van der Waals surface area (Å²) in [6.07, 6.45) is 0. The molecule has 0 unspecified atom stereocenters. The van der Waals surface area contributed by atoms with Crippen LogP contribution in [-0.4, -0.2) is 22.2 Å². The number of carbonyl (C=O) groups is 1. The molecule has 5 nitrogen and oxygen atoms in total. The van der Waals surface area contributed by atoms with Crippen LogP contribution in [0.4, 0.5) is 5.69 Å². The first kappa shape index (κ1) is 14.7. The molecule has 0 saturated heterocycles. The van der Waals surface area contributed by atoms with Crippen LogP contribution in [0.3, 0.4) is 0 Å². The average molecular weight is 291 g/mol. The van der Waals surface area contributed by atoms with Crippen molar-refractivity contribution in [2.45, 2.75) is 19.4 Å². The van der Waals surface area contributed by atoms with E-state index in [0.29, 0.717) is 0 Å². The summed E-state index contributed by atoms with van der Waals surface area (Å²) in [5, 5.41) is 13.5. The number of nitrogens with zero attached hydrogens (tertiary/aromatic N) is 1. The molecule has 1 amide bonds.